The fourth-order valence-corrected chi connectivity index (χ4v) is 2.19. The molecule has 0 aliphatic carbocycles. The molecule has 0 saturated heterocycles. The third kappa shape index (κ3) is 3.17. The van der Waals surface area contributed by atoms with E-state index in [2.05, 4.69) is 5.10 Å². The highest BCUT2D eigenvalue weighted by Gasteiger charge is 2.11. The zero-order chi connectivity index (χ0) is 14.7. The molecule has 21 heavy (non-hydrogen) atoms. The summed E-state index contributed by atoms with van der Waals surface area (Å²) in [4.78, 5) is 0. The average molecular weight is 282 g/mol. The van der Waals surface area contributed by atoms with Crippen LogP contribution < -0.4 is 0 Å². The standard InChI is InChI=1S/C17H15FN2O/c18-15-8-6-13(7-9-15)10-17(21)14-11-19-20(12-14)16-4-2-1-3-5-16/h1-9,11-12,17,21H,10H2. The number of hydrogen-bond donors (Lipinski definition) is 1. The maximum atomic E-state index is 12.9. The Morgan fingerprint density at radius 2 is 1.76 bits per heavy atom. The summed E-state index contributed by atoms with van der Waals surface area (Å²) in [5, 5.41) is 14.5. The summed E-state index contributed by atoms with van der Waals surface area (Å²) in [5.74, 6) is -0.273. The largest absolute Gasteiger partial charge is 0.388 e. The Labute approximate surface area is 122 Å². The minimum Gasteiger partial charge on any atom is -0.388 e. The van der Waals surface area contributed by atoms with E-state index in [4.69, 9.17) is 0 Å². The number of rotatable bonds is 4. The van der Waals surface area contributed by atoms with Crippen LogP contribution in [0.1, 0.15) is 17.2 Å². The second-order valence-corrected chi connectivity index (χ2v) is 4.90. The van der Waals surface area contributed by atoms with Crippen molar-refractivity contribution in [3.05, 3.63) is 83.9 Å². The highest BCUT2D eigenvalue weighted by Crippen LogP contribution is 2.19. The molecule has 3 aromatic rings. The maximum Gasteiger partial charge on any atom is 0.123 e. The Morgan fingerprint density at radius 3 is 2.48 bits per heavy atom. The van der Waals surface area contributed by atoms with Gasteiger partial charge in [-0.2, -0.15) is 5.10 Å². The van der Waals surface area contributed by atoms with Crippen LogP contribution in [-0.4, -0.2) is 14.9 Å². The number of halogens is 1. The van der Waals surface area contributed by atoms with Gasteiger partial charge in [0.05, 0.1) is 18.0 Å². The van der Waals surface area contributed by atoms with Gasteiger partial charge in [0, 0.05) is 18.2 Å². The molecular weight excluding hydrogens is 267 g/mol. The van der Waals surface area contributed by atoms with Crippen molar-refractivity contribution < 1.29 is 9.50 Å². The summed E-state index contributed by atoms with van der Waals surface area (Å²) in [6.45, 7) is 0. The van der Waals surface area contributed by atoms with Gasteiger partial charge in [0.25, 0.3) is 0 Å². The Morgan fingerprint density at radius 1 is 1.05 bits per heavy atom. The van der Waals surface area contributed by atoms with Crippen LogP contribution in [0.5, 0.6) is 0 Å². The minimum absolute atomic E-state index is 0.273. The topological polar surface area (TPSA) is 38.1 Å². The van der Waals surface area contributed by atoms with Crippen molar-refractivity contribution in [3.8, 4) is 5.69 Å². The molecule has 0 bridgehead atoms. The first-order valence-corrected chi connectivity index (χ1v) is 6.75. The molecule has 1 aromatic heterocycles. The predicted octanol–water partition coefficient (Wildman–Crippen LogP) is 3.29. The lowest BCUT2D eigenvalue weighted by Crippen LogP contribution is -2.01. The number of benzene rings is 2. The second kappa shape index (κ2) is 5.89. The van der Waals surface area contributed by atoms with Gasteiger partial charge < -0.3 is 5.11 Å². The number of hydrogen-bond acceptors (Lipinski definition) is 2. The number of nitrogens with zero attached hydrogens (tertiary/aromatic N) is 2. The van der Waals surface area contributed by atoms with Crippen LogP contribution in [-0.2, 0) is 6.42 Å². The van der Waals surface area contributed by atoms with Crippen molar-refractivity contribution in [1.82, 2.24) is 9.78 Å². The minimum atomic E-state index is -0.659. The van der Waals surface area contributed by atoms with E-state index >= 15 is 0 Å². The zero-order valence-corrected chi connectivity index (χ0v) is 11.4. The van der Waals surface area contributed by atoms with Crippen molar-refractivity contribution in [3.63, 3.8) is 0 Å². The zero-order valence-electron chi connectivity index (χ0n) is 11.4. The summed E-state index contributed by atoms with van der Waals surface area (Å²) in [6, 6.07) is 15.9. The first-order valence-electron chi connectivity index (χ1n) is 6.75. The van der Waals surface area contributed by atoms with Crippen molar-refractivity contribution in [2.24, 2.45) is 0 Å². The molecule has 4 heteroatoms. The maximum absolute atomic E-state index is 12.9. The first-order chi connectivity index (χ1) is 10.2. The van der Waals surface area contributed by atoms with Crippen LogP contribution in [0, 0.1) is 5.82 Å². The van der Waals surface area contributed by atoms with Gasteiger partial charge in [-0.1, -0.05) is 30.3 Å². The van der Waals surface area contributed by atoms with Crippen LogP contribution in [0.2, 0.25) is 0 Å². The first kappa shape index (κ1) is 13.5. The fraction of sp³-hybridized carbons (Fsp3) is 0.118. The lowest BCUT2D eigenvalue weighted by molar-refractivity contribution is 0.178. The second-order valence-electron chi connectivity index (χ2n) is 4.90. The van der Waals surface area contributed by atoms with E-state index in [-0.39, 0.29) is 5.82 Å². The van der Waals surface area contributed by atoms with E-state index < -0.39 is 6.10 Å². The molecule has 1 atom stereocenters. The molecule has 0 amide bonds. The van der Waals surface area contributed by atoms with Crippen molar-refractivity contribution >= 4 is 0 Å². The number of aliphatic hydroxyl groups excluding tert-OH is 1. The Hall–Kier alpha value is -2.46. The van der Waals surface area contributed by atoms with Gasteiger partial charge in [-0.3, -0.25) is 0 Å². The summed E-state index contributed by atoms with van der Waals surface area (Å²) in [6.07, 6.45) is 3.23. The molecule has 0 saturated carbocycles. The molecule has 106 valence electrons. The van der Waals surface area contributed by atoms with Gasteiger partial charge in [-0.15, -0.1) is 0 Å². The Kier molecular flexibility index (Phi) is 3.79. The quantitative estimate of drug-likeness (QED) is 0.797. The molecule has 1 N–H and O–H groups in total. The predicted molar refractivity (Wildman–Crippen MR) is 78.6 cm³/mol. The van der Waals surface area contributed by atoms with E-state index in [1.165, 1.54) is 12.1 Å². The van der Waals surface area contributed by atoms with Crippen LogP contribution in [0.4, 0.5) is 4.39 Å². The van der Waals surface area contributed by atoms with Gasteiger partial charge in [-0.25, -0.2) is 9.07 Å². The summed E-state index contributed by atoms with van der Waals surface area (Å²) < 4.78 is 14.6. The number of aromatic nitrogens is 2. The molecule has 0 fully saturated rings. The van der Waals surface area contributed by atoms with Gasteiger partial charge in [0.1, 0.15) is 5.82 Å². The summed E-state index contributed by atoms with van der Waals surface area (Å²) in [7, 11) is 0. The van der Waals surface area contributed by atoms with Crippen molar-refractivity contribution in [1.29, 1.82) is 0 Å². The monoisotopic (exact) mass is 282 g/mol. The fourth-order valence-electron chi connectivity index (χ4n) is 2.19. The molecular formula is C17H15FN2O. The van der Waals surface area contributed by atoms with Crippen LogP contribution >= 0.6 is 0 Å². The molecule has 1 unspecified atom stereocenters. The van der Waals surface area contributed by atoms with Crippen LogP contribution in [0.15, 0.2) is 67.0 Å². The molecule has 0 radical (unpaired) electrons. The average Bonchev–Trinajstić information content (AvgIpc) is 3.00. The van der Waals surface area contributed by atoms with Gasteiger partial charge in [0.15, 0.2) is 0 Å². The highest BCUT2D eigenvalue weighted by atomic mass is 19.1. The number of para-hydroxylation sites is 1. The lowest BCUT2D eigenvalue weighted by Gasteiger charge is -2.08. The summed E-state index contributed by atoms with van der Waals surface area (Å²) >= 11 is 0. The third-order valence-corrected chi connectivity index (χ3v) is 3.35. The molecule has 3 rings (SSSR count). The van der Waals surface area contributed by atoms with E-state index in [1.54, 1.807) is 23.0 Å². The van der Waals surface area contributed by atoms with Crippen LogP contribution in [0.3, 0.4) is 0 Å². The molecule has 2 aromatic carbocycles. The molecule has 3 nitrogen and oxygen atoms in total. The highest BCUT2D eigenvalue weighted by molar-refractivity contribution is 5.31. The van der Waals surface area contributed by atoms with Gasteiger partial charge in [-0.05, 0) is 29.8 Å². The lowest BCUT2D eigenvalue weighted by atomic mass is 10.0. The third-order valence-electron chi connectivity index (χ3n) is 3.35. The van der Waals surface area contributed by atoms with E-state index in [0.717, 1.165) is 16.8 Å². The van der Waals surface area contributed by atoms with Gasteiger partial charge in [0.2, 0.25) is 0 Å². The van der Waals surface area contributed by atoms with E-state index in [0.29, 0.717) is 6.42 Å². The molecule has 0 aliphatic rings. The Balaban J connectivity index is 1.75. The number of aliphatic hydroxyl groups is 1. The van der Waals surface area contributed by atoms with Gasteiger partial charge >= 0.3 is 0 Å². The summed E-state index contributed by atoms with van der Waals surface area (Å²) in [5.41, 5.74) is 2.57. The molecule has 0 spiro atoms. The van der Waals surface area contributed by atoms with Crippen molar-refractivity contribution in [2.45, 2.75) is 12.5 Å². The smallest absolute Gasteiger partial charge is 0.123 e. The Bertz CT molecular complexity index is 707. The van der Waals surface area contributed by atoms with E-state index in [9.17, 15) is 9.50 Å². The SMILES string of the molecule is OC(Cc1ccc(F)cc1)c1cnn(-c2ccccc2)c1. The van der Waals surface area contributed by atoms with Crippen molar-refractivity contribution in [2.75, 3.05) is 0 Å². The van der Waals surface area contributed by atoms with Crippen LogP contribution in [0.25, 0.3) is 5.69 Å². The molecule has 0 aliphatic heterocycles. The molecule has 1 heterocycles. The normalized spacial score (nSPS) is 12.3. The van der Waals surface area contributed by atoms with E-state index in [1.807, 2.05) is 36.5 Å².